The van der Waals surface area contributed by atoms with Gasteiger partial charge in [0.25, 0.3) is 0 Å². The van der Waals surface area contributed by atoms with Crippen molar-refractivity contribution in [3.63, 3.8) is 0 Å². The van der Waals surface area contributed by atoms with E-state index in [0.717, 1.165) is 36.8 Å². The van der Waals surface area contributed by atoms with Crippen LogP contribution in [0.4, 0.5) is 8.78 Å². The first-order valence-electron chi connectivity index (χ1n) is 10.0. The van der Waals surface area contributed by atoms with Gasteiger partial charge in [0.2, 0.25) is 10.0 Å². The zero-order valence-electron chi connectivity index (χ0n) is 16.6. The van der Waals surface area contributed by atoms with Crippen molar-refractivity contribution in [1.29, 1.82) is 0 Å². The van der Waals surface area contributed by atoms with Crippen molar-refractivity contribution < 1.29 is 31.5 Å². The molecule has 4 aliphatic rings. The second-order valence-electron chi connectivity index (χ2n) is 8.04. The van der Waals surface area contributed by atoms with Crippen molar-refractivity contribution in [2.45, 2.75) is 56.3 Å². The Bertz CT molecular complexity index is 958. The number of carbonyl (C=O) groups excluding carboxylic acids is 1. The van der Waals surface area contributed by atoms with Crippen LogP contribution in [0.15, 0.2) is 28.7 Å². The molecule has 5 rings (SSSR count). The number of nitrogens with zero attached hydrogens (tertiary/aromatic N) is 2. The van der Waals surface area contributed by atoms with Crippen LogP contribution >= 0.6 is 0 Å². The molecule has 0 radical (unpaired) electrons. The van der Waals surface area contributed by atoms with E-state index in [2.05, 4.69) is 4.40 Å². The Balaban J connectivity index is 1.73. The minimum Gasteiger partial charge on any atom is -0.425 e. The summed E-state index contributed by atoms with van der Waals surface area (Å²) >= 11 is 0. The maximum atomic E-state index is 14.9. The molecular weight excluding hydrogens is 418 g/mol. The van der Waals surface area contributed by atoms with Crippen LogP contribution in [-0.2, 0) is 19.6 Å². The summed E-state index contributed by atoms with van der Waals surface area (Å²) in [6.45, 7) is -0.145. The summed E-state index contributed by atoms with van der Waals surface area (Å²) in [5.74, 6) is -1.47. The number of alkyl halides is 2. The van der Waals surface area contributed by atoms with Crippen LogP contribution in [-0.4, -0.2) is 62.6 Å². The molecule has 0 unspecified atom stereocenters. The molecule has 3 aliphatic heterocycles. The van der Waals surface area contributed by atoms with Gasteiger partial charge in [0.15, 0.2) is 0 Å². The van der Waals surface area contributed by atoms with Gasteiger partial charge in [-0.3, -0.25) is 4.79 Å². The molecule has 30 heavy (non-hydrogen) atoms. The summed E-state index contributed by atoms with van der Waals surface area (Å²) in [5, 5.41) is 0. The minimum atomic E-state index is -4.10. The fourth-order valence-corrected chi connectivity index (χ4v) is 5.15. The first-order chi connectivity index (χ1) is 14.1. The van der Waals surface area contributed by atoms with Gasteiger partial charge in [-0.05, 0) is 43.2 Å². The highest BCUT2D eigenvalue weighted by Crippen LogP contribution is 2.40. The van der Waals surface area contributed by atoms with E-state index in [0.29, 0.717) is 5.56 Å². The molecule has 1 aromatic carbocycles. The number of para-hydroxylation sites is 1. The minimum absolute atomic E-state index is 0.000221. The molecule has 10 heteroatoms. The van der Waals surface area contributed by atoms with E-state index in [4.69, 9.17) is 9.47 Å². The Kier molecular flexibility index (Phi) is 5.56. The molecule has 1 aromatic rings. The monoisotopic (exact) mass is 442 g/mol. The molecule has 1 saturated heterocycles. The molecule has 2 fully saturated rings. The van der Waals surface area contributed by atoms with Crippen molar-refractivity contribution >= 4 is 21.6 Å². The van der Waals surface area contributed by atoms with E-state index in [9.17, 15) is 22.0 Å². The number of hydrogen-bond donors (Lipinski definition) is 0. The van der Waals surface area contributed by atoms with E-state index in [1.807, 2.05) is 0 Å². The Morgan fingerprint density at radius 1 is 1.17 bits per heavy atom. The predicted octanol–water partition coefficient (Wildman–Crippen LogP) is 2.72. The topological polar surface area (TPSA) is 85.3 Å². The molecule has 2 bridgehead atoms. The molecule has 0 aromatic heterocycles. The van der Waals surface area contributed by atoms with Crippen LogP contribution in [0.1, 0.15) is 43.6 Å². The summed E-state index contributed by atoms with van der Waals surface area (Å²) in [6.07, 6.45) is -0.156. The molecule has 1 amide bonds. The van der Waals surface area contributed by atoms with Gasteiger partial charge in [-0.15, -0.1) is 0 Å². The Morgan fingerprint density at radius 3 is 2.57 bits per heavy atom. The number of hydrogen-bond acceptors (Lipinski definition) is 5. The molecular formula is C20H24F2N2O5S. The lowest BCUT2D eigenvalue weighted by molar-refractivity contribution is -0.204. The Labute approximate surface area is 174 Å². The van der Waals surface area contributed by atoms with Crippen LogP contribution in [0.2, 0.25) is 0 Å². The van der Waals surface area contributed by atoms with Crippen LogP contribution in [0.25, 0.3) is 0 Å². The summed E-state index contributed by atoms with van der Waals surface area (Å²) < 4.78 is 67.7. The molecule has 0 spiro atoms. The molecule has 7 nitrogen and oxygen atoms in total. The van der Waals surface area contributed by atoms with Crippen LogP contribution in [0, 0.1) is 0 Å². The number of amides is 1. The molecule has 164 valence electrons. The van der Waals surface area contributed by atoms with Gasteiger partial charge < -0.3 is 14.4 Å². The normalized spacial score (nSPS) is 30.6. The number of ether oxygens (including phenoxy) is 2. The van der Waals surface area contributed by atoms with Gasteiger partial charge in [-0.2, -0.15) is 13.2 Å². The highest BCUT2D eigenvalue weighted by Gasteiger charge is 2.50. The lowest BCUT2D eigenvalue weighted by Crippen LogP contribution is -2.51. The van der Waals surface area contributed by atoms with Gasteiger partial charge in [0.1, 0.15) is 5.75 Å². The highest BCUT2D eigenvalue weighted by molar-refractivity contribution is 7.89. The van der Waals surface area contributed by atoms with Crippen molar-refractivity contribution in [3.8, 4) is 5.75 Å². The van der Waals surface area contributed by atoms with Crippen LogP contribution in [0.5, 0.6) is 5.75 Å². The Morgan fingerprint density at radius 2 is 1.87 bits per heavy atom. The van der Waals surface area contributed by atoms with E-state index < -0.39 is 28.1 Å². The summed E-state index contributed by atoms with van der Waals surface area (Å²) in [5.41, 5.74) is 0.825. The van der Waals surface area contributed by atoms with E-state index in [1.54, 1.807) is 18.2 Å². The van der Waals surface area contributed by atoms with Crippen molar-refractivity contribution in [2.75, 3.05) is 19.4 Å². The van der Waals surface area contributed by atoms with Crippen molar-refractivity contribution in [1.82, 2.24) is 4.90 Å². The molecule has 1 atom stereocenters. The quantitative estimate of drug-likeness (QED) is 0.668. The largest absolute Gasteiger partial charge is 0.482 e. The zero-order chi connectivity index (χ0) is 21.5. The first-order valence-corrected chi connectivity index (χ1v) is 11.9. The molecule has 1 saturated carbocycles. The molecule has 1 aliphatic carbocycles. The number of fused-ring (bicyclic) bond motifs is 5. The number of benzene rings is 1. The maximum absolute atomic E-state index is 14.9. The average molecular weight is 442 g/mol. The SMILES string of the molecule is CS(=O)(=O)/N=C1\CCN2C(=O)C(F)(F)Oc3ccccc3C3CCC(CC3)OC[C@@H]12. The number of carbonyl (C=O) groups is 1. The average Bonchev–Trinajstić information content (AvgIpc) is 3.06. The van der Waals surface area contributed by atoms with Crippen molar-refractivity contribution in [3.05, 3.63) is 29.8 Å². The number of halogens is 2. The summed E-state index contributed by atoms with van der Waals surface area (Å²) in [7, 11) is -3.74. The first kappa shape index (κ1) is 21.2. The van der Waals surface area contributed by atoms with Crippen LogP contribution in [0.3, 0.4) is 0 Å². The van der Waals surface area contributed by atoms with E-state index in [1.165, 1.54) is 6.07 Å². The summed E-state index contributed by atoms with van der Waals surface area (Å²) in [4.78, 5) is 13.7. The van der Waals surface area contributed by atoms with Gasteiger partial charge >= 0.3 is 12.0 Å². The Hall–Kier alpha value is -2.07. The second-order valence-corrected chi connectivity index (χ2v) is 9.69. The van der Waals surface area contributed by atoms with Gasteiger partial charge in [-0.25, -0.2) is 8.42 Å². The molecule has 0 N–H and O–H groups in total. The van der Waals surface area contributed by atoms with Gasteiger partial charge in [-0.1, -0.05) is 18.2 Å². The third-order valence-corrected chi connectivity index (χ3v) is 6.49. The highest BCUT2D eigenvalue weighted by atomic mass is 32.2. The lowest BCUT2D eigenvalue weighted by atomic mass is 9.82. The molecule has 3 heterocycles. The van der Waals surface area contributed by atoms with Gasteiger partial charge in [0.05, 0.1) is 30.7 Å². The third kappa shape index (κ3) is 4.34. The smallest absolute Gasteiger partial charge is 0.425 e. The maximum Gasteiger partial charge on any atom is 0.482 e. The number of sulfonamides is 1. The predicted molar refractivity (Wildman–Crippen MR) is 105 cm³/mol. The van der Waals surface area contributed by atoms with Crippen LogP contribution < -0.4 is 4.74 Å². The number of rotatable bonds is 1. The fourth-order valence-electron chi connectivity index (χ4n) is 4.51. The third-order valence-electron chi connectivity index (χ3n) is 5.92. The standard InChI is InChI=1S/C20H24F2N2O5S/c1-30(26,27)23-16-10-11-24-17(16)12-28-14-8-6-13(7-9-14)15-4-2-3-5-18(15)29-20(21,22)19(24)25/h2-5,13-14,17H,6-12H2,1H3/b23-16+/t13?,14?,17-/m0/s1. The van der Waals surface area contributed by atoms with E-state index >= 15 is 0 Å². The van der Waals surface area contributed by atoms with Gasteiger partial charge in [0, 0.05) is 13.0 Å². The lowest BCUT2D eigenvalue weighted by Gasteiger charge is -2.30. The summed E-state index contributed by atoms with van der Waals surface area (Å²) in [6, 6.07) is 5.62. The zero-order valence-corrected chi connectivity index (χ0v) is 17.4. The van der Waals surface area contributed by atoms with E-state index in [-0.39, 0.29) is 43.1 Å². The van der Waals surface area contributed by atoms with Crippen molar-refractivity contribution in [2.24, 2.45) is 4.40 Å². The fraction of sp³-hybridized carbons (Fsp3) is 0.600. The second kappa shape index (κ2) is 7.88.